The normalized spacial score (nSPS) is 9.63. The molecule has 0 bridgehead atoms. The molecule has 0 atom stereocenters. The molecule has 4 nitrogen and oxygen atoms in total. The fourth-order valence-electron chi connectivity index (χ4n) is 1.70. The monoisotopic (exact) mass is 251 g/mol. The minimum atomic E-state index is -0.185. The summed E-state index contributed by atoms with van der Waals surface area (Å²) in [7, 11) is 0. The first-order valence-corrected chi connectivity index (χ1v) is 5.98. The first-order chi connectivity index (χ1) is 9.29. The Labute approximate surface area is 111 Å². The highest BCUT2D eigenvalue weighted by Crippen LogP contribution is 2.02. The average Bonchev–Trinajstić information content (AvgIpc) is 2.48. The number of rotatable bonds is 4. The van der Waals surface area contributed by atoms with Crippen molar-refractivity contribution in [1.29, 1.82) is 5.26 Å². The summed E-state index contributed by atoms with van der Waals surface area (Å²) >= 11 is 0. The van der Waals surface area contributed by atoms with Gasteiger partial charge < -0.3 is 5.32 Å². The Morgan fingerprint density at radius 1 is 1.26 bits per heavy atom. The molecule has 2 aromatic rings. The summed E-state index contributed by atoms with van der Waals surface area (Å²) in [6.07, 6.45) is 2.24. The zero-order valence-electron chi connectivity index (χ0n) is 10.3. The molecule has 19 heavy (non-hydrogen) atoms. The van der Waals surface area contributed by atoms with Crippen molar-refractivity contribution in [3.63, 3.8) is 0 Å². The third-order valence-corrected chi connectivity index (χ3v) is 2.68. The number of hydrogen-bond acceptors (Lipinski definition) is 3. The van der Waals surface area contributed by atoms with E-state index in [0.717, 1.165) is 6.42 Å². The van der Waals surface area contributed by atoms with E-state index in [-0.39, 0.29) is 11.6 Å². The number of nitrogens with zero attached hydrogens (tertiary/aromatic N) is 2. The molecule has 0 radical (unpaired) electrons. The van der Waals surface area contributed by atoms with Crippen LogP contribution >= 0.6 is 0 Å². The third-order valence-electron chi connectivity index (χ3n) is 2.68. The molecule has 0 aliphatic heterocycles. The van der Waals surface area contributed by atoms with E-state index in [4.69, 9.17) is 5.26 Å². The van der Waals surface area contributed by atoms with Crippen LogP contribution in [0.5, 0.6) is 0 Å². The molecule has 1 aromatic heterocycles. The van der Waals surface area contributed by atoms with Gasteiger partial charge in [0.15, 0.2) is 0 Å². The lowest BCUT2D eigenvalue weighted by molar-refractivity contribution is 0.0954. The predicted molar refractivity (Wildman–Crippen MR) is 71.4 cm³/mol. The van der Waals surface area contributed by atoms with Gasteiger partial charge in [-0.15, -0.1) is 0 Å². The molecule has 4 heteroatoms. The van der Waals surface area contributed by atoms with Crippen LogP contribution in [-0.4, -0.2) is 17.4 Å². The summed E-state index contributed by atoms with van der Waals surface area (Å²) in [4.78, 5) is 15.7. The minimum absolute atomic E-state index is 0.185. The fraction of sp³-hybridized carbons (Fsp3) is 0.133. The molecule has 1 N–H and O–H groups in total. The molecule has 0 aliphatic rings. The van der Waals surface area contributed by atoms with Gasteiger partial charge in [0.2, 0.25) is 0 Å². The molecule has 0 spiro atoms. The van der Waals surface area contributed by atoms with Crippen LogP contribution in [0.4, 0.5) is 0 Å². The molecule has 0 unspecified atom stereocenters. The molecule has 1 amide bonds. The van der Waals surface area contributed by atoms with E-state index >= 15 is 0 Å². The van der Waals surface area contributed by atoms with Gasteiger partial charge >= 0.3 is 0 Å². The van der Waals surface area contributed by atoms with Crippen molar-refractivity contribution < 1.29 is 4.79 Å². The Morgan fingerprint density at radius 2 is 2.05 bits per heavy atom. The summed E-state index contributed by atoms with van der Waals surface area (Å²) in [6.45, 7) is 0.563. The number of amides is 1. The Kier molecular flexibility index (Phi) is 4.25. The Bertz CT molecular complexity index is 602. The standard InChI is InChI=1S/C15H13N3O/c16-11-14-10-13(7-9-17-14)15(19)18-8-6-12-4-2-1-3-5-12/h1-5,7,9-10H,6,8H2,(H,18,19). The number of nitriles is 1. The van der Waals surface area contributed by atoms with Gasteiger partial charge in [-0.1, -0.05) is 30.3 Å². The van der Waals surface area contributed by atoms with E-state index in [1.54, 1.807) is 6.07 Å². The lowest BCUT2D eigenvalue weighted by Gasteiger charge is -2.05. The van der Waals surface area contributed by atoms with Crippen LogP contribution in [0, 0.1) is 11.3 Å². The van der Waals surface area contributed by atoms with Crippen LogP contribution < -0.4 is 5.32 Å². The highest BCUT2D eigenvalue weighted by atomic mass is 16.1. The lowest BCUT2D eigenvalue weighted by Crippen LogP contribution is -2.25. The van der Waals surface area contributed by atoms with Crippen molar-refractivity contribution in [3.05, 3.63) is 65.5 Å². The summed E-state index contributed by atoms with van der Waals surface area (Å²) in [5, 5.41) is 11.5. The average molecular weight is 251 g/mol. The maximum Gasteiger partial charge on any atom is 0.251 e. The van der Waals surface area contributed by atoms with Crippen molar-refractivity contribution in [2.24, 2.45) is 0 Å². The van der Waals surface area contributed by atoms with Crippen molar-refractivity contribution >= 4 is 5.91 Å². The molecule has 0 aliphatic carbocycles. The largest absolute Gasteiger partial charge is 0.352 e. The summed E-state index contributed by atoms with van der Waals surface area (Å²) < 4.78 is 0. The Hall–Kier alpha value is -2.67. The van der Waals surface area contributed by atoms with Gasteiger partial charge in [0.1, 0.15) is 11.8 Å². The van der Waals surface area contributed by atoms with E-state index in [2.05, 4.69) is 10.3 Å². The van der Waals surface area contributed by atoms with Crippen molar-refractivity contribution in [3.8, 4) is 6.07 Å². The zero-order chi connectivity index (χ0) is 13.5. The first-order valence-electron chi connectivity index (χ1n) is 5.98. The second-order valence-corrected chi connectivity index (χ2v) is 4.03. The molecule has 1 heterocycles. The highest BCUT2D eigenvalue weighted by molar-refractivity contribution is 5.94. The summed E-state index contributed by atoms with van der Waals surface area (Å²) in [5.41, 5.74) is 1.88. The maximum absolute atomic E-state index is 11.9. The van der Waals surface area contributed by atoms with Crippen LogP contribution in [0.1, 0.15) is 21.6 Å². The fourth-order valence-corrected chi connectivity index (χ4v) is 1.70. The molecule has 94 valence electrons. The van der Waals surface area contributed by atoms with Crippen molar-refractivity contribution in [1.82, 2.24) is 10.3 Å². The number of benzene rings is 1. The second kappa shape index (κ2) is 6.31. The number of carbonyl (C=O) groups is 1. The quantitative estimate of drug-likeness (QED) is 0.902. The van der Waals surface area contributed by atoms with Crippen LogP contribution in [-0.2, 0) is 6.42 Å². The molecular weight excluding hydrogens is 238 g/mol. The highest BCUT2D eigenvalue weighted by Gasteiger charge is 2.05. The maximum atomic E-state index is 11.9. The summed E-state index contributed by atoms with van der Waals surface area (Å²) in [6, 6.07) is 14.9. The van der Waals surface area contributed by atoms with Crippen LogP contribution in [0.25, 0.3) is 0 Å². The molecule has 1 aromatic carbocycles. The minimum Gasteiger partial charge on any atom is -0.352 e. The Morgan fingerprint density at radius 3 is 2.79 bits per heavy atom. The molecular formula is C15H13N3O. The van der Waals surface area contributed by atoms with Crippen molar-refractivity contribution in [2.75, 3.05) is 6.54 Å². The Balaban J connectivity index is 1.89. The van der Waals surface area contributed by atoms with E-state index < -0.39 is 0 Å². The van der Waals surface area contributed by atoms with Crippen molar-refractivity contribution in [2.45, 2.75) is 6.42 Å². The second-order valence-electron chi connectivity index (χ2n) is 4.03. The van der Waals surface area contributed by atoms with E-state index in [1.807, 2.05) is 36.4 Å². The van der Waals surface area contributed by atoms with Gasteiger partial charge in [-0.3, -0.25) is 4.79 Å². The number of nitrogens with one attached hydrogen (secondary N) is 1. The van der Waals surface area contributed by atoms with Crippen LogP contribution in [0.2, 0.25) is 0 Å². The lowest BCUT2D eigenvalue weighted by atomic mass is 10.1. The van der Waals surface area contributed by atoms with E-state index in [0.29, 0.717) is 12.1 Å². The van der Waals surface area contributed by atoms with Crippen LogP contribution in [0.15, 0.2) is 48.7 Å². The van der Waals surface area contributed by atoms with Gasteiger partial charge in [0, 0.05) is 18.3 Å². The molecule has 0 saturated carbocycles. The summed E-state index contributed by atoms with van der Waals surface area (Å²) in [5.74, 6) is -0.185. The first kappa shape index (κ1) is 12.8. The smallest absolute Gasteiger partial charge is 0.251 e. The van der Waals surface area contributed by atoms with Gasteiger partial charge in [-0.2, -0.15) is 5.26 Å². The predicted octanol–water partition coefficient (Wildman–Crippen LogP) is 1.93. The van der Waals surface area contributed by atoms with E-state index in [9.17, 15) is 4.79 Å². The molecule has 0 fully saturated rings. The van der Waals surface area contributed by atoms with Gasteiger partial charge in [0.05, 0.1) is 0 Å². The number of carbonyl (C=O) groups excluding carboxylic acids is 1. The number of aromatic nitrogens is 1. The van der Waals surface area contributed by atoms with Crippen LogP contribution in [0.3, 0.4) is 0 Å². The third kappa shape index (κ3) is 3.65. The topological polar surface area (TPSA) is 65.8 Å². The van der Waals surface area contributed by atoms with E-state index in [1.165, 1.54) is 17.8 Å². The van der Waals surface area contributed by atoms with Gasteiger partial charge in [-0.05, 0) is 24.1 Å². The molecule has 0 saturated heterocycles. The zero-order valence-corrected chi connectivity index (χ0v) is 10.3. The SMILES string of the molecule is N#Cc1cc(C(=O)NCCc2ccccc2)ccn1. The van der Waals surface area contributed by atoms with Gasteiger partial charge in [-0.25, -0.2) is 4.98 Å². The number of pyridine rings is 1. The molecule has 2 rings (SSSR count). The number of hydrogen-bond donors (Lipinski definition) is 1. The van der Waals surface area contributed by atoms with Gasteiger partial charge in [0.25, 0.3) is 5.91 Å².